The minimum absolute atomic E-state index is 0.121. The fourth-order valence-corrected chi connectivity index (χ4v) is 2.42. The lowest BCUT2D eigenvalue weighted by atomic mass is 10.2. The number of nitrogens with zero attached hydrogens (tertiary/aromatic N) is 2. The predicted octanol–water partition coefficient (Wildman–Crippen LogP) is 2.14. The van der Waals surface area contributed by atoms with Crippen molar-refractivity contribution in [3.05, 3.63) is 34.9 Å². The van der Waals surface area contributed by atoms with Crippen LogP contribution in [-0.4, -0.2) is 54.3 Å². The highest BCUT2D eigenvalue weighted by Gasteiger charge is 2.20. The molecule has 0 saturated carbocycles. The highest BCUT2D eigenvalue weighted by atomic mass is 35.5. The monoisotopic (exact) mass is 339 g/mol. The molecule has 23 heavy (non-hydrogen) atoms. The third-order valence-corrected chi connectivity index (χ3v) is 3.78. The van der Waals surface area contributed by atoms with E-state index in [1.807, 2.05) is 43.0 Å². The van der Waals surface area contributed by atoms with Crippen LogP contribution in [0.4, 0.5) is 0 Å². The summed E-state index contributed by atoms with van der Waals surface area (Å²) in [6.07, 6.45) is 0. The molecule has 5 nitrogen and oxygen atoms in total. The van der Waals surface area contributed by atoms with Crippen LogP contribution in [0, 0.1) is 0 Å². The maximum Gasteiger partial charge on any atom is 0.244 e. The summed E-state index contributed by atoms with van der Waals surface area (Å²) in [6, 6.07) is 7.27. The Bertz CT molecular complexity index is 546. The summed E-state index contributed by atoms with van der Waals surface area (Å²) in [6.45, 7) is 6.62. The van der Waals surface area contributed by atoms with Crippen LogP contribution in [0.1, 0.15) is 26.3 Å². The van der Waals surface area contributed by atoms with Gasteiger partial charge >= 0.3 is 0 Å². The maximum atomic E-state index is 12.2. The molecule has 0 bridgehead atoms. The number of hydrogen-bond acceptors (Lipinski definition) is 3. The second kappa shape index (κ2) is 8.89. The van der Waals surface area contributed by atoms with Crippen LogP contribution in [0.15, 0.2) is 24.3 Å². The third kappa shape index (κ3) is 6.59. The summed E-state index contributed by atoms with van der Waals surface area (Å²) in [4.78, 5) is 27.5. The van der Waals surface area contributed by atoms with E-state index in [1.54, 1.807) is 21.0 Å². The molecule has 1 unspecified atom stereocenters. The van der Waals surface area contributed by atoms with E-state index in [2.05, 4.69) is 5.32 Å². The van der Waals surface area contributed by atoms with Gasteiger partial charge in [-0.05, 0) is 38.5 Å². The number of carbonyl (C=O) groups excluding carboxylic acids is 2. The zero-order chi connectivity index (χ0) is 17.6. The smallest absolute Gasteiger partial charge is 0.244 e. The molecule has 0 aliphatic rings. The largest absolute Gasteiger partial charge is 0.347 e. The number of benzene rings is 1. The van der Waals surface area contributed by atoms with Crippen LogP contribution >= 0.6 is 11.6 Å². The Kier molecular flexibility index (Phi) is 7.52. The van der Waals surface area contributed by atoms with Crippen molar-refractivity contribution in [2.45, 2.75) is 39.4 Å². The van der Waals surface area contributed by atoms with Crippen molar-refractivity contribution in [3.63, 3.8) is 0 Å². The van der Waals surface area contributed by atoms with Crippen molar-refractivity contribution in [2.24, 2.45) is 0 Å². The number of carbonyl (C=O) groups is 2. The summed E-state index contributed by atoms with van der Waals surface area (Å²) in [5.41, 5.74) is 1.05. The van der Waals surface area contributed by atoms with Crippen molar-refractivity contribution in [1.29, 1.82) is 0 Å². The second-order valence-corrected chi connectivity index (χ2v) is 6.59. The topological polar surface area (TPSA) is 52.7 Å². The fraction of sp³-hybridized carbons (Fsp3) is 0.529. The molecule has 1 atom stereocenters. The van der Waals surface area contributed by atoms with Gasteiger partial charge in [0.25, 0.3) is 0 Å². The van der Waals surface area contributed by atoms with Crippen LogP contribution in [0.5, 0.6) is 0 Å². The van der Waals surface area contributed by atoms with E-state index in [1.165, 1.54) is 4.90 Å². The lowest BCUT2D eigenvalue weighted by Gasteiger charge is -2.27. The number of amides is 2. The van der Waals surface area contributed by atoms with Crippen molar-refractivity contribution in [3.8, 4) is 0 Å². The standard InChI is InChI=1S/C17H26ClN3O2/c1-12(2)21(10-14-7-6-8-15(18)9-14)11-16(22)19-13(3)17(23)20(4)5/h6-9,12-13H,10-11H2,1-5H3,(H,19,22). The van der Waals surface area contributed by atoms with E-state index in [0.717, 1.165) is 5.56 Å². The first-order chi connectivity index (χ1) is 10.7. The fourth-order valence-electron chi connectivity index (χ4n) is 2.21. The maximum absolute atomic E-state index is 12.2. The molecule has 6 heteroatoms. The Morgan fingerprint density at radius 1 is 1.22 bits per heavy atom. The van der Waals surface area contributed by atoms with Gasteiger partial charge in [-0.15, -0.1) is 0 Å². The normalized spacial score (nSPS) is 12.3. The minimum Gasteiger partial charge on any atom is -0.347 e. The minimum atomic E-state index is -0.530. The van der Waals surface area contributed by atoms with Gasteiger partial charge in [0.2, 0.25) is 11.8 Å². The molecule has 0 spiro atoms. The van der Waals surface area contributed by atoms with Crippen LogP contribution in [0.3, 0.4) is 0 Å². The molecular formula is C17H26ClN3O2. The molecule has 2 amide bonds. The predicted molar refractivity (Wildman–Crippen MR) is 93.3 cm³/mol. The molecular weight excluding hydrogens is 314 g/mol. The first-order valence-electron chi connectivity index (χ1n) is 7.69. The third-order valence-electron chi connectivity index (χ3n) is 3.54. The van der Waals surface area contributed by atoms with Gasteiger partial charge < -0.3 is 10.2 Å². The van der Waals surface area contributed by atoms with Gasteiger partial charge in [0.05, 0.1) is 6.54 Å². The van der Waals surface area contributed by atoms with Gasteiger partial charge in [0.15, 0.2) is 0 Å². The molecule has 0 heterocycles. The zero-order valence-electron chi connectivity index (χ0n) is 14.5. The van der Waals surface area contributed by atoms with Crippen molar-refractivity contribution in [1.82, 2.24) is 15.1 Å². The molecule has 0 saturated heterocycles. The van der Waals surface area contributed by atoms with E-state index >= 15 is 0 Å². The molecule has 0 aliphatic carbocycles. The number of hydrogen-bond donors (Lipinski definition) is 1. The van der Waals surface area contributed by atoms with Crippen molar-refractivity contribution >= 4 is 23.4 Å². The molecule has 0 radical (unpaired) electrons. The summed E-state index contributed by atoms with van der Waals surface area (Å²) in [5, 5.41) is 3.43. The summed E-state index contributed by atoms with van der Waals surface area (Å²) >= 11 is 6.01. The lowest BCUT2D eigenvalue weighted by molar-refractivity contribution is -0.134. The van der Waals surface area contributed by atoms with Crippen LogP contribution in [-0.2, 0) is 16.1 Å². The molecule has 0 aliphatic heterocycles. The summed E-state index contributed by atoms with van der Waals surface area (Å²) < 4.78 is 0. The highest BCUT2D eigenvalue weighted by Crippen LogP contribution is 2.14. The van der Waals surface area contributed by atoms with Gasteiger partial charge in [-0.2, -0.15) is 0 Å². The quantitative estimate of drug-likeness (QED) is 0.828. The van der Waals surface area contributed by atoms with E-state index in [0.29, 0.717) is 11.6 Å². The Hall–Kier alpha value is -1.59. The Morgan fingerprint density at radius 2 is 1.87 bits per heavy atom. The van der Waals surface area contributed by atoms with E-state index in [-0.39, 0.29) is 24.4 Å². The van der Waals surface area contributed by atoms with Crippen molar-refractivity contribution < 1.29 is 9.59 Å². The molecule has 1 aromatic rings. The van der Waals surface area contributed by atoms with Gasteiger partial charge in [0, 0.05) is 31.7 Å². The molecule has 0 aromatic heterocycles. The summed E-state index contributed by atoms with van der Waals surface area (Å²) in [5.74, 6) is -0.285. The number of rotatable bonds is 7. The van der Waals surface area contributed by atoms with Crippen LogP contribution in [0.2, 0.25) is 5.02 Å². The molecule has 1 aromatic carbocycles. The van der Waals surface area contributed by atoms with Gasteiger partial charge in [-0.25, -0.2) is 0 Å². The number of halogens is 1. The average Bonchev–Trinajstić information content (AvgIpc) is 2.45. The lowest BCUT2D eigenvalue weighted by Crippen LogP contribution is -2.48. The van der Waals surface area contributed by atoms with Crippen LogP contribution in [0.25, 0.3) is 0 Å². The zero-order valence-corrected chi connectivity index (χ0v) is 15.2. The van der Waals surface area contributed by atoms with Gasteiger partial charge in [-0.3, -0.25) is 14.5 Å². The van der Waals surface area contributed by atoms with Crippen molar-refractivity contribution in [2.75, 3.05) is 20.6 Å². The average molecular weight is 340 g/mol. The second-order valence-electron chi connectivity index (χ2n) is 6.15. The van der Waals surface area contributed by atoms with E-state index < -0.39 is 6.04 Å². The Balaban J connectivity index is 2.65. The van der Waals surface area contributed by atoms with Gasteiger partial charge in [0.1, 0.15) is 6.04 Å². The SMILES string of the molecule is CC(NC(=O)CN(Cc1cccc(Cl)c1)C(C)C)C(=O)N(C)C. The first kappa shape index (κ1) is 19.5. The first-order valence-corrected chi connectivity index (χ1v) is 8.07. The molecule has 128 valence electrons. The number of nitrogens with one attached hydrogen (secondary N) is 1. The Morgan fingerprint density at radius 3 is 2.39 bits per heavy atom. The number of likely N-dealkylation sites (N-methyl/N-ethyl adjacent to an activating group) is 1. The summed E-state index contributed by atoms with van der Waals surface area (Å²) in [7, 11) is 3.34. The van der Waals surface area contributed by atoms with E-state index in [9.17, 15) is 9.59 Å². The molecule has 0 fully saturated rings. The van der Waals surface area contributed by atoms with Gasteiger partial charge in [-0.1, -0.05) is 23.7 Å². The molecule has 1 rings (SSSR count). The molecule has 1 N–H and O–H groups in total. The Labute approximate surface area is 143 Å². The highest BCUT2D eigenvalue weighted by molar-refractivity contribution is 6.30. The van der Waals surface area contributed by atoms with E-state index in [4.69, 9.17) is 11.6 Å². The van der Waals surface area contributed by atoms with Crippen LogP contribution < -0.4 is 5.32 Å².